The van der Waals surface area contributed by atoms with Crippen molar-refractivity contribution < 1.29 is 14.7 Å². The van der Waals surface area contributed by atoms with Crippen molar-refractivity contribution in [2.45, 2.75) is 95.4 Å². The SMILES string of the molecule is C[C@@]1(O)CC/C=C\Cn2c(=O)c3cnc(Nc4ccc(N5CCC(N6CCC7(CCN(c8ccc9c(=O)n(C%10CCC(=O)NC%10=O)ncc9c8)CC7)CC6)CC5)cc4)nc3n2-c2cccc1n2. The van der Waals surface area contributed by atoms with Crippen LogP contribution in [-0.4, -0.2) is 101 Å². The Kier molecular flexibility index (Phi) is 11.0. The number of aliphatic hydroxyl groups is 1. The number of rotatable bonds is 6. The van der Waals surface area contributed by atoms with Crippen LogP contribution in [0.15, 0.2) is 94.8 Å². The second kappa shape index (κ2) is 17.2. The minimum atomic E-state index is -1.12. The Balaban J connectivity index is 0.681. The molecule has 11 rings (SSSR count). The van der Waals surface area contributed by atoms with Gasteiger partial charge in [-0.2, -0.15) is 10.1 Å². The first kappa shape index (κ1) is 42.9. The molecule has 1 unspecified atom stereocenters. The maximum atomic E-state index is 13.6. The molecule has 0 aliphatic carbocycles. The van der Waals surface area contributed by atoms with E-state index in [4.69, 9.17) is 9.97 Å². The minimum Gasteiger partial charge on any atom is -0.384 e. The second-order valence-electron chi connectivity index (χ2n) is 19.3. The maximum Gasteiger partial charge on any atom is 0.278 e. The molecule has 17 nitrogen and oxygen atoms in total. The first-order chi connectivity index (χ1) is 32.5. The van der Waals surface area contributed by atoms with Crippen molar-refractivity contribution in [2.24, 2.45) is 5.41 Å². The second-order valence-corrected chi connectivity index (χ2v) is 19.3. The molecular formula is C50H56N12O5. The van der Waals surface area contributed by atoms with E-state index < -0.39 is 17.6 Å². The van der Waals surface area contributed by atoms with Gasteiger partial charge in [0, 0.05) is 67.3 Å². The van der Waals surface area contributed by atoms with Gasteiger partial charge in [-0.3, -0.25) is 24.5 Å². The van der Waals surface area contributed by atoms with Crippen LogP contribution in [0.3, 0.4) is 0 Å². The standard InChI is InChI=1S/C50H56N12O5/c1-49(67)18-3-2-4-23-60-46(65)39-32-51-48(56-44(39)62(60)42-7-5-6-41(49)54-42)53-34-8-10-35(11-9-34)57-24-16-36(17-25-57)58-26-19-50(20-27-58)21-28-59(29-22-50)37-12-13-38-33(30-37)31-52-61(47(38)66)40-14-15-43(63)55-45(40)64/h2,4-13,30-32,36,40,67H,3,14-29H2,1H3,(H,51,53,56)(H,55,63,64)/b4-2-/t40?,49-/m1/s1. The van der Waals surface area contributed by atoms with Crippen LogP contribution in [0.4, 0.5) is 23.0 Å². The Morgan fingerprint density at radius 1 is 0.761 bits per heavy atom. The lowest BCUT2D eigenvalue weighted by Gasteiger charge is -2.50. The van der Waals surface area contributed by atoms with E-state index in [-0.39, 0.29) is 29.9 Å². The number of benzene rings is 2. The molecule has 0 radical (unpaired) electrons. The number of carbonyl (C=O) groups is 2. The zero-order chi connectivity index (χ0) is 45.9. The van der Waals surface area contributed by atoms with Crippen LogP contribution in [0, 0.1) is 5.41 Å². The highest BCUT2D eigenvalue weighted by Crippen LogP contribution is 2.43. The molecule has 0 saturated carbocycles. The van der Waals surface area contributed by atoms with Gasteiger partial charge >= 0.3 is 0 Å². The van der Waals surface area contributed by atoms with Gasteiger partial charge in [-0.25, -0.2) is 24.0 Å². The van der Waals surface area contributed by atoms with Gasteiger partial charge in [0.2, 0.25) is 11.9 Å². The van der Waals surface area contributed by atoms with Gasteiger partial charge in [0.05, 0.1) is 23.8 Å². The lowest BCUT2D eigenvalue weighted by molar-refractivity contribution is -0.136. The monoisotopic (exact) mass is 904 g/mol. The van der Waals surface area contributed by atoms with Crippen LogP contribution >= 0.6 is 0 Å². The van der Waals surface area contributed by atoms with Gasteiger partial charge in [-0.15, -0.1) is 0 Å². The molecule has 3 N–H and O–H groups in total. The van der Waals surface area contributed by atoms with E-state index >= 15 is 0 Å². The summed E-state index contributed by atoms with van der Waals surface area (Å²) in [6, 6.07) is 19.6. The smallest absolute Gasteiger partial charge is 0.278 e. The molecule has 4 aromatic heterocycles. The van der Waals surface area contributed by atoms with E-state index in [1.54, 1.807) is 28.7 Å². The van der Waals surface area contributed by atoms with E-state index in [1.165, 1.54) is 23.2 Å². The maximum absolute atomic E-state index is 13.6. The fraction of sp³-hybridized carbons (Fsp3) is 0.440. The Morgan fingerprint density at radius 2 is 1.51 bits per heavy atom. The molecule has 5 aliphatic heterocycles. The van der Waals surface area contributed by atoms with E-state index in [1.807, 2.05) is 48.6 Å². The van der Waals surface area contributed by atoms with Crippen molar-refractivity contribution in [3.63, 3.8) is 0 Å². The fourth-order valence-electron chi connectivity index (χ4n) is 11.1. The van der Waals surface area contributed by atoms with Crippen molar-refractivity contribution in [2.75, 3.05) is 54.4 Å². The number of nitrogens with one attached hydrogen (secondary N) is 2. The molecule has 2 amide bonds. The first-order valence-electron chi connectivity index (χ1n) is 23.8. The predicted octanol–water partition coefficient (Wildman–Crippen LogP) is 5.32. The van der Waals surface area contributed by atoms with E-state index in [0.29, 0.717) is 64.7 Å². The van der Waals surface area contributed by atoms with Gasteiger partial charge in [0.25, 0.3) is 17.0 Å². The number of anilines is 4. The highest BCUT2D eigenvalue weighted by atomic mass is 16.3. The largest absolute Gasteiger partial charge is 0.384 e. The van der Waals surface area contributed by atoms with Crippen molar-refractivity contribution in [1.29, 1.82) is 0 Å². The molecule has 17 heteroatoms. The summed E-state index contributed by atoms with van der Waals surface area (Å²) in [5, 5.41) is 22.9. The molecule has 6 aromatic rings. The van der Waals surface area contributed by atoms with Crippen LogP contribution in [0.2, 0.25) is 0 Å². The lowest BCUT2D eigenvalue weighted by atomic mass is 9.71. The Labute approximate surface area is 387 Å². The first-order valence-corrected chi connectivity index (χ1v) is 23.8. The Morgan fingerprint density at radius 3 is 2.28 bits per heavy atom. The van der Waals surface area contributed by atoms with Crippen molar-refractivity contribution in [3.05, 3.63) is 112 Å². The van der Waals surface area contributed by atoms with Crippen LogP contribution < -0.4 is 31.6 Å². The van der Waals surface area contributed by atoms with Gasteiger partial charge in [0.1, 0.15) is 17.0 Å². The third-order valence-electron chi connectivity index (χ3n) is 15.2. The molecule has 2 atom stereocenters. The summed E-state index contributed by atoms with van der Waals surface area (Å²) in [4.78, 5) is 72.8. The topological polar surface area (TPSA) is 189 Å². The molecule has 4 fully saturated rings. The molecular weight excluding hydrogens is 849 g/mol. The summed E-state index contributed by atoms with van der Waals surface area (Å²) in [6.07, 6.45) is 15.8. The number of amides is 2. The van der Waals surface area contributed by atoms with Crippen LogP contribution in [0.5, 0.6) is 0 Å². The molecule has 2 bridgehead atoms. The quantitative estimate of drug-likeness (QED) is 0.144. The molecule has 4 saturated heterocycles. The summed E-state index contributed by atoms with van der Waals surface area (Å²) in [6.45, 7) is 8.37. The number of hydrogen-bond donors (Lipinski definition) is 3. The van der Waals surface area contributed by atoms with Gasteiger partial charge in [-0.1, -0.05) is 18.2 Å². The van der Waals surface area contributed by atoms with Crippen molar-refractivity contribution in [1.82, 2.24) is 44.3 Å². The summed E-state index contributed by atoms with van der Waals surface area (Å²) in [5.74, 6) is 0.0782. The third kappa shape index (κ3) is 8.17. The number of aromatic nitrogens is 7. The predicted molar refractivity (Wildman–Crippen MR) is 256 cm³/mol. The zero-order valence-electron chi connectivity index (χ0n) is 37.8. The number of likely N-dealkylation sites (tertiary alicyclic amines) is 1. The van der Waals surface area contributed by atoms with E-state index in [0.717, 1.165) is 81.7 Å². The van der Waals surface area contributed by atoms with Gasteiger partial charge in [-0.05, 0) is 138 Å². The number of carbonyl (C=O) groups excluding carboxylic acids is 2. The molecule has 9 heterocycles. The fourth-order valence-corrected chi connectivity index (χ4v) is 11.1. The van der Waals surface area contributed by atoms with Crippen molar-refractivity contribution >= 4 is 56.6 Å². The number of hydrogen-bond acceptors (Lipinski definition) is 13. The number of fused-ring (bicyclic) bond motifs is 7. The minimum absolute atomic E-state index is 0.190. The average Bonchev–Trinajstić information content (AvgIpc) is 3.61. The van der Waals surface area contributed by atoms with Crippen LogP contribution in [0.25, 0.3) is 27.6 Å². The number of pyridine rings is 1. The number of imide groups is 1. The van der Waals surface area contributed by atoms with Gasteiger partial charge < -0.3 is 25.1 Å². The molecule has 2 aromatic carbocycles. The number of piperidine rings is 4. The third-order valence-corrected chi connectivity index (χ3v) is 15.2. The number of nitrogens with zero attached hydrogens (tertiary/aromatic N) is 10. The summed E-state index contributed by atoms with van der Waals surface area (Å²) >= 11 is 0. The Bertz CT molecular complexity index is 3020. The van der Waals surface area contributed by atoms with Gasteiger partial charge in [0.15, 0.2) is 11.5 Å². The molecule has 5 aliphatic rings. The van der Waals surface area contributed by atoms with E-state index in [2.05, 4.69) is 59.7 Å². The lowest BCUT2D eigenvalue weighted by Crippen LogP contribution is -2.52. The molecule has 346 valence electrons. The Hall–Kier alpha value is -6.72. The summed E-state index contributed by atoms with van der Waals surface area (Å²) in [7, 11) is 0. The summed E-state index contributed by atoms with van der Waals surface area (Å²) < 4.78 is 4.56. The molecule has 1 spiro atoms. The molecule has 67 heavy (non-hydrogen) atoms. The highest BCUT2D eigenvalue weighted by molar-refractivity contribution is 5.99. The normalized spacial score (nSPS) is 23.2. The van der Waals surface area contributed by atoms with Crippen molar-refractivity contribution in [3.8, 4) is 5.82 Å². The van der Waals surface area contributed by atoms with Crippen LogP contribution in [-0.2, 0) is 21.7 Å². The highest BCUT2D eigenvalue weighted by Gasteiger charge is 2.40. The van der Waals surface area contributed by atoms with E-state index in [9.17, 15) is 24.3 Å². The summed E-state index contributed by atoms with van der Waals surface area (Å²) in [5.41, 5.74) is 2.85. The number of allylic oxidation sites excluding steroid dienone is 2. The average molecular weight is 905 g/mol. The zero-order valence-corrected chi connectivity index (χ0v) is 37.8. The van der Waals surface area contributed by atoms with Crippen LogP contribution in [0.1, 0.15) is 82.9 Å².